The van der Waals surface area contributed by atoms with Gasteiger partial charge in [0.05, 0.1) is 18.1 Å². The van der Waals surface area contributed by atoms with Crippen molar-refractivity contribution < 1.29 is 23.9 Å². The summed E-state index contributed by atoms with van der Waals surface area (Å²) in [6, 6.07) is 11.0. The molecular weight excluding hydrogens is 428 g/mol. The van der Waals surface area contributed by atoms with Crippen LogP contribution in [0.5, 0.6) is 11.5 Å². The quantitative estimate of drug-likeness (QED) is 0.578. The van der Waals surface area contributed by atoms with Gasteiger partial charge in [0, 0.05) is 17.3 Å². The maximum absolute atomic E-state index is 12.9. The molecule has 0 aromatic heterocycles. The van der Waals surface area contributed by atoms with Gasteiger partial charge in [-0.3, -0.25) is 19.3 Å². The number of carbonyl (C=O) groups excluding carboxylic acids is 3. The summed E-state index contributed by atoms with van der Waals surface area (Å²) in [6.07, 6.45) is 1.61. The Kier molecular flexibility index (Phi) is 7.58. The van der Waals surface area contributed by atoms with Gasteiger partial charge >= 0.3 is 0 Å². The van der Waals surface area contributed by atoms with Crippen molar-refractivity contribution in [2.75, 3.05) is 25.1 Å². The van der Waals surface area contributed by atoms with Crippen LogP contribution in [0.4, 0.5) is 10.5 Å². The van der Waals surface area contributed by atoms with Gasteiger partial charge in [0.15, 0.2) is 0 Å². The Morgan fingerprint density at radius 2 is 1.75 bits per heavy atom. The van der Waals surface area contributed by atoms with Crippen LogP contribution in [-0.2, 0) is 9.59 Å². The minimum atomic E-state index is -0.506. The fourth-order valence-electron chi connectivity index (χ4n) is 3.28. The first-order valence-electron chi connectivity index (χ1n) is 10.3. The molecule has 0 unspecified atom stereocenters. The summed E-state index contributed by atoms with van der Waals surface area (Å²) in [5.41, 5.74) is 3.16. The number of carbonyl (C=O) groups is 3. The fourth-order valence-corrected chi connectivity index (χ4v) is 4.11. The molecule has 0 radical (unpaired) electrons. The summed E-state index contributed by atoms with van der Waals surface area (Å²) < 4.78 is 11.2. The molecule has 0 aliphatic carbocycles. The Bertz CT molecular complexity index is 1060. The predicted octanol–water partition coefficient (Wildman–Crippen LogP) is 4.78. The van der Waals surface area contributed by atoms with E-state index >= 15 is 0 Å². The van der Waals surface area contributed by atoms with Gasteiger partial charge in [-0.25, -0.2) is 0 Å². The summed E-state index contributed by atoms with van der Waals surface area (Å²) in [4.78, 5) is 39.0. The van der Waals surface area contributed by atoms with Crippen LogP contribution in [0.2, 0.25) is 0 Å². The maximum Gasteiger partial charge on any atom is 0.294 e. The minimum Gasteiger partial charge on any atom is -0.494 e. The second kappa shape index (κ2) is 10.4. The molecule has 2 aromatic rings. The number of hydrogen-bond acceptors (Lipinski definition) is 6. The van der Waals surface area contributed by atoms with Gasteiger partial charge < -0.3 is 14.8 Å². The molecule has 1 aliphatic heterocycles. The van der Waals surface area contributed by atoms with E-state index in [1.165, 1.54) is 0 Å². The number of rotatable bonds is 8. The van der Waals surface area contributed by atoms with Gasteiger partial charge in [0.2, 0.25) is 5.91 Å². The molecule has 0 atom stereocenters. The number of benzene rings is 2. The molecular formula is C24H26N2O5S. The topological polar surface area (TPSA) is 84.9 Å². The van der Waals surface area contributed by atoms with Gasteiger partial charge in [0.1, 0.15) is 18.0 Å². The molecule has 2 aromatic carbocycles. The number of imide groups is 1. The molecule has 0 saturated carbocycles. The summed E-state index contributed by atoms with van der Waals surface area (Å²) in [6.45, 7) is 8.14. The molecule has 0 bridgehead atoms. The van der Waals surface area contributed by atoms with Gasteiger partial charge in [-0.2, -0.15) is 0 Å². The molecule has 168 valence electrons. The largest absolute Gasteiger partial charge is 0.494 e. The molecule has 1 aliphatic rings. The lowest BCUT2D eigenvalue weighted by Gasteiger charge is -2.15. The Hall–Kier alpha value is -3.26. The molecule has 1 N–H and O–H groups in total. The zero-order chi connectivity index (χ0) is 23.3. The molecule has 3 amide bonds. The van der Waals surface area contributed by atoms with Crippen LogP contribution in [-0.4, -0.2) is 41.7 Å². The van der Waals surface area contributed by atoms with Crippen LogP contribution in [0.25, 0.3) is 6.08 Å². The summed E-state index contributed by atoms with van der Waals surface area (Å²) in [7, 11) is 0. The summed E-state index contributed by atoms with van der Waals surface area (Å²) in [5, 5.41) is 2.32. The zero-order valence-corrected chi connectivity index (χ0v) is 19.4. The number of para-hydroxylation sites is 1. The van der Waals surface area contributed by atoms with E-state index in [0.29, 0.717) is 36.0 Å². The maximum atomic E-state index is 12.9. The van der Waals surface area contributed by atoms with Gasteiger partial charge in [-0.15, -0.1) is 0 Å². The van der Waals surface area contributed by atoms with Crippen molar-refractivity contribution >= 4 is 40.6 Å². The highest BCUT2D eigenvalue weighted by atomic mass is 32.2. The number of anilines is 1. The van der Waals surface area contributed by atoms with E-state index in [1.807, 2.05) is 45.9 Å². The summed E-state index contributed by atoms with van der Waals surface area (Å²) >= 11 is 0.804. The number of aryl methyl sites for hydroxylation is 2. The summed E-state index contributed by atoms with van der Waals surface area (Å²) in [5.74, 6) is 0.275. The minimum absolute atomic E-state index is 0.236. The van der Waals surface area contributed by atoms with Crippen LogP contribution in [0, 0.1) is 13.8 Å². The number of thioether (sulfide) groups is 1. The van der Waals surface area contributed by atoms with Crippen molar-refractivity contribution in [2.45, 2.75) is 27.7 Å². The molecule has 7 nitrogen and oxygen atoms in total. The average molecular weight is 455 g/mol. The molecule has 3 rings (SSSR count). The standard InChI is InChI=1S/C24H26N2O5S/c1-5-30-18-11-10-17(19(13-18)31-6-2)12-20-23(28)26(24(29)32-20)14-21(27)25-22-15(3)8-7-9-16(22)4/h7-13H,5-6,14H2,1-4H3,(H,25,27)/b20-12+. The van der Waals surface area contributed by atoms with E-state index in [0.717, 1.165) is 27.8 Å². The number of nitrogens with one attached hydrogen (secondary N) is 1. The second-order valence-corrected chi connectivity index (χ2v) is 8.14. The monoisotopic (exact) mass is 454 g/mol. The second-order valence-electron chi connectivity index (χ2n) is 7.15. The molecule has 32 heavy (non-hydrogen) atoms. The van der Waals surface area contributed by atoms with Crippen LogP contribution < -0.4 is 14.8 Å². The van der Waals surface area contributed by atoms with Crippen LogP contribution in [0.1, 0.15) is 30.5 Å². The Labute approximate surface area is 191 Å². The van der Waals surface area contributed by atoms with Gasteiger partial charge in [-0.05, 0) is 68.8 Å². The lowest BCUT2D eigenvalue weighted by Crippen LogP contribution is -2.36. The zero-order valence-electron chi connectivity index (χ0n) is 18.6. The van der Waals surface area contributed by atoms with E-state index in [9.17, 15) is 14.4 Å². The lowest BCUT2D eigenvalue weighted by atomic mass is 10.1. The molecule has 0 spiro atoms. The van der Waals surface area contributed by atoms with E-state index in [2.05, 4.69) is 5.32 Å². The Balaban J connectivity index is 1.77. The highest BCUT2D eigenvalue weighted by Gasteiger charge is 2.36. The van der Waals surface area contributed by atoms with Crippen molar-refractivity contribution in [3.8, 4) is 11.5 Å². The molecule has 8 heteroatoms. The highest BCUT2D eigenvalue weighted by molar-refractivity contribution is 8.18. The van der Waals surface area contributed by atoms with E-state index in [4.69, 9.17) is 9.47 Å². The Morgan fingerprint density at radius 3 is 2.41 bits per heavy atom. The van der Waals surface area contributed by atoms with Crippen molar-refractivity contribution in [3.05, 3.63) is 58.0 Å². The first-order chi connectivity index (χ1) is 15.3. The third-order valence-corrected chi connectivity index (χ3v) is 5.71. The van der Waals surface area contributed by atoms with Crippen LogP contribution in [0.3, 0.4) is 0 Å². The van der Waals surface area contributed by atoms with Crippen LogP contribution >= 0.6 is 11.8 Å². The first kappa shape index (κ1) is 23.4. The fraction of sp³-hybridized carbons (Fsp3) is 0.292. The lowest BCUT2D eigenvalue weighted by molar-refractivity contribution is -0.127. The van der Waals surface area contributed by atoms with Crippen molar-refractivity contribution in [2.24, 2.45) is 0 Å². The van der Waals surface area contributed by atoms with Crippen molar-refractivity contribution in [3.63, 3.8) is 0 Å². The SMILES string of the molecule is CCOc1ccc(/C=C2/SC(=O)N(CC(=O)Nc3c(C)cccc3C)C2=O)c(OCC)c1. The van der Waals surface area contributed by atoms with E-state index < -0.39 is 17.1 Å². The van der Waals surface area contributed by atoms with E-state index in [-0.39, 0.29) is 11.4 Å². The predicted molar refractivity (Wildman–Crippen MR) is 126 cm³/mol. The number of nitrogens with zero attached hydrogens (tertiary/aromatic N) is 1. The third-order valence-electron chi connectivity index (χ3n) is 4.80. The third kappa shape index (κ3) is 5.31. The van der Waals surface area contributed by atoms with Gasteiger partial charge in [0.25, 0.3) is 11.1 Å². The average Bonchev–Trinajstić information content (AvgIpc) is 3.00. The molecule has 1 heterocycles. The first-order valence-corrected chi connectivity index (χ1v) is 11.2. The van der Waals surface area contributed by atoms with E-state index in [1.54, 1.807) is 24.3 Å². The number of hydrogen-bond donors (Lipinski definition) is 1. The molecule has 1 fully saturated rings. The van der Waals surface area contributed by atoms with Crippen molar-refractivity contribution in [1.29, 1.82) is 0 Å². The van der Waals surface area contributed by atoms with Crippen LogP contribution in [0.15, 0.2) is 41.3 Å². The normalized spacial score (nSPS) is 14.8. The molecule has 1 saturated heterocycles. The smallest absolute Gasteiger partial charge is 0.294 e. The van der Waals surface area contributed by atoms with Gasteiger partial charge in [-0.1, -0.05) is 18.2 Å². The Morgan fingerprint density at radius 1 is 1.06 bits per heavy atom. The van der Waals surface area contributed by atoms with Crippen molar-refractivity contribution in [1.82, 2.24) is 4.90 Å². The highest BCUT2D eigenvalue weighted by Crippen LogP contribution is 2.35. The number of amides is 3. The number of ether oxygens (including phenoxy) is 2.